The second-order valence-corrected chi connectivity index (χ2v) is 9.26. The molecule has 0 saturated carbocycles. The predicted octanol–water partition coefficient (Wildman–Crippen LogP) is 5.04. The molecule has 2 aliphatic carbocycles. The molecule has 0 bridgehead atoms. The molecule has 2 heterocycles. The molecule has 4 aliphatic rings. The first kappa shape index (κ1) is 19.3. The van der Waals surface area contributed by atoms with E-state index in [1.54, 1.807) is 0 Å². The summed E-state index contributed by atoms with van der Waals surface area (Å²) in [6.07, 6.45) is 18.3. The Morgan fingerprint density at radius 2 is 0.719 bits per heavy atom. The van der Waals surface area contributed by atoms with Crippen LogP contribution >= 0.6 is 0 Å². The van der Waals surface area contributed by atoms with Crippen molar-refractivity contribution in [2.24, 2.45) is 11.8 Å². The summed E-state index contributed by atoms with van der Waals surface area (Å²) < 4.78 is 0. The van der Waals surface area contributed by atoms with Crippen LogP contribution in [0.25, 0.3) is 0 Å². The van der Waals surface area contributed by atoms with E-state index >= 15 is 0 Å². The molecule has 0 fully saturated rings. The number of benzene rings is 2. The van der Waals surface area contributed by atoms with Crippen LogP contribution in [0.5, 0.6) is 0 Å². The lowest BCUT2D eigenvalue weighted by Crippen LogP contribution is -2.82. The fourth-order valence-electron chi connectivity index (χ4n) is 7.02. The molecule has 0 N–H and O–H groups in total. The van der Waals surface area contributed by atoms with Crippen LogP contribution in [-0.2, 0) is 0 Å². The van der Waals surface area contributed by atoms with Crippen molar-refractivity contribution in [1.82, 2.24) is 0 Å². The molecule has 0 radical (unpaired) electrons. The van der Waals surface area contributed by atoms with Crippen LogP contribution in [0.3, 0.4) is 0 Å². The second-order valence-electron chi connectivity index (χ2n) is 9.26. The Morgan fingerprint density at radius 1 is 0.469 bits per heavy atom. The highest BCUT2D eigenvalue weighted by atomic mass is 15.6. The highest BCUT2D eigenvalue weighted by Gasteiger charge is 2.71. The largest absolute Gasteiger partial charge is 0.346 e. The molecule has 0 saturated heterocycles. The summed E-state index contributed by atoms with van der Waals surface area (Å²) in [5.74, 6) is 0.401. The van der Waals surface area contributed by atoms with E-state index in [1.165, 1.54) is 22.7 Å². The molecule has 2 aliphatic heterocycles. The Labute approximate surface area is 191 Å². The lowest BCUT2D eigenvalue weighted by atomic mass is 9.71. The zero-order chi connectivity index (χ0) is 22.1. The van der Waals surface area contributed by atoms with Gasteiger partial charge in [0.2, 0.25) is 0 Å². The van der Waals surface area contributed by atoms with Gasteiger partial charge in [0.25, 0.3) is 0 Å². The van der Waals surface area contributed by atoms with Crippen LogP contribution in [0, 0.1) is 11.8 Å². The summed E-state index contributed by atoms with van der Waals surface area (Å²) in [6, 6.07) is 17.6. The second kappa shape index (κ2) is 6.55. The first-order valence-corrected chi connectivity index (χ1v) is 11.4. The van der Waals surface area contributed by atoms with Gasteiger partial charge in [-0.05, 0) is 24.3 Å². The summed E-state index contributed by atoms with van der Waals surface area (Å²) in [5, 5.41) is 0. The fraction of sp³-hybridized carbons (Fsp3) is 0.286. The maximum absolute atomic E-state index is 2.53. The first-order chi connectivity index (χ1) is 15.6. The Hall–Kier alpha value is -3.40. The van der Waals surface area contributed by atoms with E-state index in [-0.39, 0.29) is 11.8 Å². The van der Waals surface area contributed by atoms with E-state index in [4.69, 9.17) is 0 Å². The van der Waals surface area contributed by atoms with Crippen molar-refractivity contribution in [1.29, 1.82) is 0 Å². The van der Waals surface area contributed by atoms with E-state index in [1.807, 2.05) is 0 Å². The van der Waals surface area contributed by atoms with Crippen molar-refractivity contribution in [3.63, 3.8) is 0 Å². The van der Waals surface area contributed by atoms with E-state index in [2.05, 4.69) is 145 Å². The van der Waals surface area contributed by atoms with E-state index in [0.717, 1.165) is 0 Å². The van der Waals surface area contributed by atoms with E-state index in [0.29, 0.717) is 0 Å². The Bertz CT molecular complexity index is 1010. The molecular weight excluding hydrogens is 392 g/mol. The van der Waals surface area contributed by atoms with Gasteiger partial charge in [-0.1, -0.05) is 72.9 Å². The summed E-state index contributed by atoms with van der Waals surface area (Å²) in [7, 11) is 9.10. The van der Waals surface area contributed by atoms with Crippen LogP contribution < -0.4 is 19.6 Å². The monoisotopic (exact) mass is 422 g/mol. The van der Waals surface area contributed by atoms with Crippen molar-refractivity contribution in [2.75, 3.05) is 47.8 Å². The summed E-state index contributed by atoms with van der Waals surface area (Å²) >= 11 is 0. The minimum absolute atomic E-state index is 0.200. The highest BCUT2D eigenvalue weighted by Crippen LogP contribution is 2.62. The number of para-hydroxylation sites is 4. The molecule has 0 unspecified atom stereocenters. The molecule has 4 nitrogen and oxygen atoms in total. The van der Waals surface area contributed by atoms with Crippen LogP contribution in [0.2, 0.25) is 0 Å². The van der Waals surface area contributed by atoms with Crippen LogP contribution in [0.1, 0.15) is 0 Å². The van der Waals surface area contributed by atoms with E-state index < -0.39 is 11.3 Å². The normalized spacial score (nSPS) is 22.5. The number of rotatable bonds is 3. The standard InChI is InChI=1S/C28H30N4/c1-29-23-17-9-10-18-24(23)30(2)27(29,21-13-5-6-14-21)28(22-15-7-8-16-22)31(3)25-19-11-12-20-26(25)32(28)4/h5-22H,1-4H3. The lowest BCUT2D eigenvalue weighted by Gasteiger charge is -2.63. The third-order valence-electron chi connectivity index (χ3n) is 8.22. The molecule has 0 amide bonds. The van der Waals surface area contributed by atoms with Crippen molar-refractivity contribution in [3.05, 3.63) is 97.1 Å². The Kier molecular flexibility index (Phi) is 3.95. The number of nitrogens with zero attached hydrogens (tertiary/aromatic N) is 4. The molecular formula is C28H30N4. The topological polar surface area (TPSA) is 13.0 Å². The molecule has 4 heteroatoms. The minimum Gasteiger partial charge on any atom is -0.346 e. The molecule has 0 aromatic heterocycles. The number of fused-ring (bicyclic) bond motifs is 2. The third kappa shape index (κ3) is 1.99. The maximum atomic E-state index is 2.53. The van der Waals surface area contributed by atoms with E-state index in [9.17, 15) is 0 Å². The minimum atomic E-state index is -0.396. The average molecular weight is 423 g/mol. The van der Waals surface area contributed by atoms with Crippen molar-refractivity contribution in [2.45, 2.75) is 11.3 Å². The molecule has 0 atom stereocenters. The zero-order valence-corrected chi connectivity index (χ0v) is 19.2. The number of anilines is 4. The molecule has 0 spiro atoms. The van der Waals surface area contributed by atoms with Gasteiger partial charge in [0, 0.05) is 40.0 Å². The fourth-order valence-corrected chi connectivity index (χ4v) is 7.02. The van der Waals surface area contributed by atoms with Gasteiger partial charge >= 0.3 is 0 Å². The molecule has 6 rings (SSSR count). The van der Waals surface area contributed by atoms with Gasteiger partial charge in [-0.15, -0.1) is 0 Å². The Balaban J connectivity index is 1.71. The van der Waals surface area contributed by atoms with Gasteiger partial charge in [0.1, 0.15) is 0 Å². The smallest absolute Gasteiger partial charge is 0.166 e. The van der Waals surface area contributed by atoms with Crippen molar-refractivity contribution >= 4 is 22.7 Å². The predicted molar refractivity (Wildman–Crippen MR) is 135 cm³/mol. The maximum Gasteiger partial charge on any atom is 0.166 e. The Morgan fingerprint density at radius 3 is 0.969 bits per heavy atom. The summed E-state index contributed by atoms with van der Waals surface area (Å²) in [4.78, 5) is 10.1. The number of allylic oxidation sites excluding steroid dienone is 4. The highest BCUT2D eigenvalue weighted by molar-refractivity contribution is 5.87. The van der Waals surface area contributed by atoms with Gasteiger partial charge in [-0.3, -0.25) is 0 Å². The van der Waals surface area contributed by atoms with Crippen LogP contribution in [0.15, 0.2) is 97.1 Å². The summed E-state index contributed by atoms with van der Waals surface area (Å²) in [6.45, 7) is 0. The average Bonchev–Trinajstić information content (AvgIpc) is 3.61. The number of hydrogen-bond acceptors (Lipinski definition) is 4. The van der Waals surface area contributed by atoms with Gasteiger partial charge < -0.3 is 19.6 Å². The SMILES string of the molecule is CN1c2ccccc2N(C)C1(C1C=CC=C1)C1(C2C=CC=C2)N(C)c2ccccc2N1C. The van der Waals surface area contributed by atoms with Gasteiger partial charge in [0.05, 0.1) is 22.7 Å². The third-order valence-corrected chi connectivity index (χ3v) is 8.22. The number of hydrogen-bond donors (Lipinski definition) is 0. The van der Waals surface area contributed by atoms with Crippen molar-refractivity contribution in [3.8, 4) is 0 Å². The molecule has 32 heavy (non-hydrogen) atoms. The van der Waals surface area contributed by atoms with Gasteiger partial charge in [0.15, 0.2) is 11.3 Å². The first-order valence-electron chi connectivity index (χ1n) is 11.4. The molecule has 2 aromatic rings. The van der Waals surface area contributed by atoms with Gasteiger partial charge in [-0.25, -0.2) is 0 Å². The zero-order valence-electron chi connectivity index (χ0n) is 19.2. The lowest BCUT2D eigenvalue weighted by molar-refractivity contribution is 0.158. The molecule has 2 aromatic carbocycles. The number of likely N-dealkylation sites (N-methyl/N-ethyl adjacent to an activating group) is 4. The van der Waals surface area contributed by atoms with Crippen LogP contribution in [-0.4, -0.2) is 39.5 Å². The molecule has 162 valence electrons. The van der Waals surface area contributed by atoms with Crippen LogP contribution in [0.4, 0.5) is 22.7 Å². The van der Waals surface area contributed by atoms with Gasteiger partial charge in [-0.2, -0.15) is 0 Å². The summed E-state index contributed by atoms with van der Waals surface area (Å²) in [5.41, 5.74) is 4.29. The van der Waals surface area contributed by atoms with Crippen molar-refractivity contribution < 1.29 is 0 Å². The quantitative estimate of drug-likeness (QED) is 0.687.